The van der Waals surface area contributed by atoms with E-state index in [1.807, 2.05) is 0 Å². The number of alkyl halides is 6. The average Bonchev–Trinajstić information content (AvgIpc) is 2.52. The highest BCUT2D eigenvalue weighted by molar-refractivity contribution is 5.92. The van der Waals surface area contributed by atoms with Gasteiger partial charge in [-0.3, -0.25) is 9.78 Å². The molecule has 1 amide bonds. The number of pyridine rings is 2. The summed E-state index contributed by atoms with van der Waals surface area (Å²) in [6, 6.07) is 2.80. The van der Waals surface area contributed by atoms with Crippen molar-refractivity contribution >= 4 is 5.91 Å². The van der Waals surface area contributed by atoms with Crippen LogP contribution in [0.5, 0.6) is 0 Å². The molecule has 0 aliphatic carbocycles. The number of amides is 1. The zero-order chi connectivity index (χ0) is 20.6. The third kappa shape index (κ3) is 4.35. The molecular formula is C16H13F6N3O2. The number of aliphatic hydroxyl groups is 1. The van der Waals surface area contributed by atoms with Crippen molar-refractivity contribution < 1.29 is 36.2 Å². The first-order valence-corrected chi connectivity index (χ1v) is 7.34. The Bertz CT molecular complexity index is 848. The molecule has 11 heteroatoms. The number of carbonyl (C=O) groups excluding carboxylic acids is 1. The molecule has 0 radical (unpaired) electrons. The van der Waals surface area contributed by atoms with E-state index in [1.165, 1.54) is 0 Å². The standard InChI is InChI=1S/C16H13F6N3O2/c1-14(27,16(20,21)22)7-9-6-10(13(23)26)25-12(11(9)15(17,18)19)8-2-4-24-5-3-8/h2-6,27H,7H2,1H3,(H2,23,26). The minimum atomic E-state index is -5.21. The van der Waals surface area contributed by atoms with Gasteiger partial charge in [-0.05, 0) is 30.7 Å². The van der Waals surface area contributed by atoms with Gasteiger partial charge >= 0.3 is 12.4 Å². The molecular weight excluding hydrogens is 380 g/mol. The van der Waals surface area contributed by atoms with Crippen LogP contribution in [0.4, 0.5) is 26.3 Å². The van der Waals surface area contributed by atoms with Gasteiger partial charge in [-0.1, -0.05) is 0 Å². The molecule has 2 heterocycles. The van der Waals surface area contributed by atoms with Crippen molar-refractivity contribution in [2.45, 2.75) is 31.3 Å². The Balaban J connectivity index is 2.82. The Morgan fingerprint density at radius 2 is 1.70 bits per heavy atom. The van der Waals surface area contributed by atoms with E-state index in [-0.39, 0.29) is 5.56 Å². The molecule has 5 nitrogen and oxygen atoms in total. The van der Waals surface area contributed by atoms with Crippen molar-refractivity contribution in [1.29, 1.82) is 0 Å². The van der Waals surface area contributed by atoms with Crippen LogP contribution in [-0.4, -0.2) is 32.8 Å². The van der Waals surface area contributed by atoms with E-state index in [0.717, 1.165) is 24.5 Å². The van der Waals surface area contributed by atoms with Gasteiger partial charge in [0.25, 0.3) is 5.91 Å². The van der Waals surface area contributed by atoms with E-state index in [1.54, 1.807) is 0 Å². The van der Waals surface area contributed by atoms with E-state index in [2.05, 4.69) is 9.97 Å². The lowest BCUT2D eigenvalue weighted by Gasteiger charge is -2.28. The van der Waals surface area contributed by atoms with Gasteiger partial charge < -0.3 is 10.8 Å². The Morgan fingerprint density at radius 3 is 2.15 bits per heavy atom. The molecule has 2 aromatic heterocycles. The number of nitrogens with zero attached hydrogens (tertiary/aromatic N) is 2. The Hall–Kier alpha value is -2.69. The highest BCUT2D eigenvalue weighted by atomic mass is 19.4. The summed E-state index contributed by atoms with van der Waals surface area (Å²) in [4.78, 5) is 18.7. The molecule has 3 N–H and O–H groups in total. The molecule has 0 spiro atoms. The molecule has 146 valence electrons. The van der Waals surface area contributed by atoms with Crippen molar-refractivity contribution in [3.8, 4) is 11.3 Å². The Kier molecular flexibility index (Phi) is 5.19. The molecule has 27 heavy (non-hydrogen) atoms. The number of nitrogens with two attached hydrogens (primary N) is 1. The van der Waals surface area contributed by atoms with Crippen molar-refractivity contribution in [2.75, 3.05) is 0 Å². The highest BCUT2D eigenvalue weighted by Crippen LogP contribution is 2.42. The number of primary amides is 1. The van der Waals surface area contributed by atoms with Crippen molar-refractivity contribution in [1.82, 2.24) is 9.97 Å². The molecule has 0 fully saturated rings. The summed E-state index contributed by atoms with van der Waals surface area (Å²) in [6.45, 7) is 0.337. The first kappa shape index (κ1) is 20.6. The van der Waals surface area contributed by atoms with Crippen molar-refractivity contribution in [3.63, 3.8) is 0 Å². The topological polar surface area (TPSA) is 89.1 Å². The summed E-state index contributed by atoms with van der Waals surface area (Å²) in [6.07, 6.45) is -9.47. The quantitative estimate of drug-likeness (QED) is 0.782. The normalized spacial score (nSPS) is 14.7. The van der Waals surface area contributed by atoms with E-state index in [9.17, 15) is 36.2 Å². The van der Waals surface area contributed by atoms with E-state index >= 15 is 0 Å². The van der Waals surface area contributed by atoms with Crippen LogP contribution >= 0.6 is 0 Å². The van der Waals surface area contributed by atoms with Crippen LogP contribution in [0, 0.1) is 0 Å². The molecule has 0 aliphatic heterocycles. The summed E-state index contributed by atoms with van der Waals surface area (Å²) in [5.74, 6) is -1.23. The third-order valence-corrected chi connectivity index (χ3v) is 3.74. The first-order valence-electron chi connectivity index (χ1n) is 7.34. The lowest BCUT2D eigenvalue weighted by molar-refractivity contribution is -0.252. The summed E-state index contributed by atoms with van der Waals surface area (Å²) in [5, 5.41) is 9.65. The van der Waals surface area contributed by atoms with Gasteiger partial charge in [0.15, 0.2) is 5.60 Å². The molecule has 0 aromatic carbocycles. The van der Waals surface area contributed by atoms with Crippen LogP contribution in [0.2, 0.25) is 0 Å². The molecule has 0 saturated carbocycles. The Labute approximate surface area is 148 Å². The largest absolute Gasteiger partial charge is 0.418 e. The van der Waals surface area contributed by atoms with Crippen LogP contribution in [0.1, 0.15) is 28.5 Å². The van der Waals surface area contributed by atoms with Gasteiger partial charge in [0.05, 0.1) is 11.3 Å². The number of halogens is 6. The van der Waals surface area contributed by atoms with E-state index < -0.39 is 52.8 Å². The maximum Gasteiger partial charge on any atom is 0.418 e. The summed E-state index contributed by atoms with van der Waals surface area (Å²) in [7, 11) is 0. The zero-order valence-corrected chi connectivity index (χ0v) is 13.7. The summed E-state index contributed by atoms with van der Waals surface area (Å²) in [5.41, 5.74) is -2.45. The number of aromatic nitrogens is 2. The zero-order valence-electron chi connectivity index (χ0n) is 13.7. The molecule has 1 atom stereocenters. The molecule has 0 aliphatic rings. The average molecular weight is 393 g/mol. The lowest BCUT2D eigenvalue weighted by Crippen LogP contribution is -2.44. The Morgan fingerprint density at radius 1 is 1.15 bits per heavy atom. The smallest absolute Gasteiger partial charge is 0.380 e. The maximum absolute atomic E-state index is 13.7. The molecule has 1 unspecified atom stereocenters. The third-order valence-electron chi connectivity index (χ3n) is 3.74. The second-order valence-corrected chi connectivity index (χ2v) is 5.94. The van der Waals surface area contributed by atoms with Crippen LogP contribution in [-0.2, 0) is 12.6 Å². The first-order chi connectivity index (χ1) is 12.2. The monoisotopic (exact) mass is 393 g/mol. The van der Waals surface area contributed by atoms with Gasteiger partial charge in [-0.2, -0.15) is 26.3 Å². The molecule has 2 rings (SSSR count). The fraction of sp³-hybridized carbons (Fsp3) is 0.312. The predicted octanol–water partition coefficient (Wildman–Crippen LogP) is 3.12. The number of carbonyl (C=O) groups is 1. The fourth-order valence-corrected chi connectivity index (χ4v) is 2.37. The molecule has 0 bridgehead atoms. The van der Waals surface area contributed by atoms with E-state index in [4.69, 9.17) is 5.73 Å². The second kappa shape index (κ2) is 6.80. The lowest BCUT2D eigenvalue weighted by atomic mass is 9.90. The number of hydrogen-bond acceptors (Lipinski definition) is 4. The van der Waals surface area contributed by atoms with Gasteiger partial charge in [0.2, 0.25) is 0 Å². The van der Waals surface area contributed by atoms with Gasteiger partial charge in [-0.15, -0.1) is 0 Å². The summed E-state index contributed by atoms with van der Waals surface area (Å²) < 4.78 is 79.9. The molecule has 2 aromatic rings. The minimum Gasteiger partial charge on any atom is -0.380 e. The van der Waals surface area contributed by atoms with Crippen molar-refractivity contribution in [2.24, 2.45) is 5.73 Å². The van der Waals surface area contributed by atoms with E-state index in [0.29, 0.717) is 13.0 Å². The van der Waals surface area contributed by atoms with Gasteiger partial charge in [-0.25, -0.2) is 4.98 Å². The van der Waals surface area contributed by atoms with Crippen LogP contribution in [0.25, 0.3) is 11.3 Å². The molecule has 0 saturated heterocycles. The highest BCUT2D eigenvalue weighted by Gasteiger charge is 2.51. The van der Waals surface area contributed by atoms with Gasteiger partial charge in [0, 0.05) is 24.4 Å². The van der Waals surface area contributed by atoms with Crippen LogP contribution in [0.3, 0.4) is 0 Å². The number of rotatable bonds is 4. The van der Waals surface area contributed by atoms with Gasteiger partial charge in [0.1, 0.15) is 5.69 Å². The second-order valence-electron chi connectivity index (χ2n) is 5.94. The predicted molar refractivity (Wildman–Crippen MR) is 81.4 cm³/mol. The van der Waals surface area contributed by atoms with Crippen LogP contribution in [0.15, 0.2) is 30.6 Å². The number of hydrogen-bond donors (Lipinski definition) is 2. The fourth-order valence-electron chi connectivity index (χ4n) is 2.37. The minimum absolute atomic E-state index is 0.131. The maximum atomic E-state index is 13.7. The SMILES string of the molecule is CC(O)(Cc1cc(C(N)=O)nc(-c2ccncc2)c1C(F)(F)F)C(F)(F)F. The summed E-state index contributed by atoms with van der Waals surface area (Å²) >= 11 is 0. The van der Waals surface area contributed by atoms with Crippen molar-refractivity contribution in [3.05, 3.63) is 47.4 Å². The van der Waals surface area contributed by atoms with Crippen LogP contribution < -0.4 is 5.73 Å².